The Morgan fingerprint density at radius 1 is 1.21 bits per heavy atom. The number of hydrogen-bond donors (Lipinski definition) is 1. The molecule has 0 radical (unpaired) electrons. The molecular weight excluding hydrogens is 267 g/mol. The predicted octanol–water partition coefficient (Wildman–Crippen LogP) is 2.40. The Bertz CT molecular complexity index is 375. The first-order valence-electron chi connectivity index (χ1n) is 5.74. The van der Waals surface area contributed by atoms with Crippen LogP contribution in [0.5, 0.6) is 0 Å². The van der Waals surface area contributed by atoms with Gasteiger partial charge in [-0.25, -0.2) is 9.59 Å². The van der Waals surface area contributed by atoms with Gasteiger partial charge in [-0.05, 0) is 33.6 Å². The van der Waals surface area contributed by atoms with Crippen LogP contribution >= 0.6 is 0 Å². The summed E-state index contributed by atoms with van der Waals surface area (Å²) >= 11 is 0. The van der Waals surface area contributed by atoms with Gasteiger partial charge in [-0.1, -0.05) is 0 Å². The molecule has 0 aromatic heterocycles. The molecule has 19 heavy (non-hydrogen) atoms. The second-order valence-corrected chi connectivity index (χ2v) is 5.38. The second kappa shape index (κ2) is 4.90. The van der Waals surface area contributed by atoms with Crippen molar-refractivity contribution in [3.63, 3.8) is 0 Å². The van der Waals surface area contributed by atoms with Gasteiger partial charge < -0.3 is 9.84 Å². The number of hydrogen-bond acceptors (Lipinski definition) is 3. The molecule has 2 atom stereocenters. The summed E-state index contributed by atoms with van der Waals surface area (Å²) < 4.78 is 43.2. The van der Waals surface area contributed by atoms with E-state index in [4.69, 9.17) is 9.84 Å². The molecular formula is C11H16F3NO4. The molecule has 0 aliphatic carbocycles. The monoisotopic (exact) mass is 283 g/mol. The summed E-state index contributed by atoms with van der Waals surface area (Å²) in [6, 6.07) is -3.61. The maximum absolute atomic E-state index is 12.8. The van der Waals surface area contributed by atoms with Crippen LogP contribution in [0.4, 0.5) is 18.0 Å². The summed E-state index contributed by atoms with van der Waals surface area (Å²) in [7, 11) is 0. The highest BCUT2D eigenvalue weighted by molar-refractivity contribution is 5.81. The van der Waals surface area contributed by atoms with Crippen LogP contribution in [0.3, 0.4) is 0 Å². The van der Waals surface area contributed by atoms with Gasteiger partial charge in [-0.3, -0.25) is 4.90 Å². The van der Waals surface area contributed by atoms with Gasteiger partial charge in [-0.2, -0.15) is 13.2 Å². The van der Waals surface area contributed by atoms with Crippen molar-refractivity contribution in [2.45, 2.75) is 57.5 Å². The molecule has 1 aliphatic heterocycles. The fourth-order valence-electron chi connectivity index (χ4n) is 1.94. The maximum Gasteiger partial charge on any atom is 0.411 e. The van der Waals surface area contributed by atoms with Crippen LogP contribution in [0.1, 0.15) is 33.6 Å². The van der Waals surface area contributed by atoms with E-state index < -0.39 is 42.3 Å². The lowest BCUT2D eigenvalue weighted by Crippen LogP contribution is -2.51. The molecule has 1 saturated heterocycles. The lowest BCUT2D eigenvalue weighted by atomic mass is 10.2. The van der Waals surface area contributed by atoms with Crippen LogP contribution in [0.2, 0.25) is 0 Å². The third kappa shape index (κ3) is 3.74. The predicted molar refractivity (Wildman–Crippen MR) is 58.6 cm³/mol. The van der Waals surface area contributed by atoms with E-state index in [1.165, 1.54) is 20.8 Å². The molecule has 1 fully saturated rings. The SMILES string of the molecule is CC(C)(C)OC(=O)N1C(C(=O)O)CCC1C(F)(F)F. The zero-order valence-electron chi connectivity index (χ0n) is 10.8. The number of aliphatic carboxylic acids is 1. The first kappa shape index (κ1) is 15.6. The second-order valence-electron chi connectivity index (χ2n) is 5.38. The number of halogens is 3. The fourth-order valence-corrected chi connectivity index (χ4v) is 1.94. The first-order chi connectivity index (χ1) is 8.43. The molecule has 0 aromatic rings. The molecule has 0 aromatic carbocycles. The van der Waals surface area contributed by atoms with Gasteiger partial charge in [0.2, 0.25) is 0 Å². The maximum atomic E-state index is 12.8. The number of alkyl halides is 3. The minimum absolute atomic E-state index is 0.237. The van der Waals surface area contributed by atoms with Crippen molar-refractivity contribution in [2.24, 2.45) is 0 Å². The van der Waals surface area contributed by atoms with Gasteiger partial charge in [0.05, 0.1) is 0 Å². The van der Waals surface area contributed by atoms with Crippen molar-refractivity contribution >= 4 is 12.1 Å². The average molecular weight is 283 g/mol. The highest BCUT2D eigenvalue weighted by Gasteiger charge is 2.54. The lowest BCUT2D eigenvalue weighted by molar-refractivity contribution is -0.178. The Morgan fingerprint density at radius 3 is 2.11 bits per heavy atom. The van der Waals surface area contributed by atoms with Crippen molar-refractivity contribution in [1.82, 2.24) is 4.90 Å². The molecule has 0 saturated carbocycles. The van der Waals surface area contributed by atoms with Crippen LogP contribution in [-0.4, -0.2) is 45.9 Å². The van der Waals surface area contributed by atoms with Gasteiger partial charge in [0, 0.05) is 0 Å². The van der Waals surface area contributed by atoms with E-state index in [0.29, 0.717) is 0 Å². The third-order valence-corrected chi connectivity index (χ3v) is 2.65. The van der Waals surface area contributed by atoms with E-state index in [0.717, 1.165) is 0 Å². The van der Waals surface area contributed by atoms with E-state index in [2.05, 4.69) is 0 Å². The summed E-state index contributed by atoms with van der Waals surface area (Å²) in [4.78, 5) is 23.0. The molecule has 2 unspecified atom stereocenters. The van der Waals surface area contributed by atoms with Crippen molar-refractivity contribution in [3.8, 4) is 0 Å². The topological polar surface area (TPSA) is 66.8 Å². The summed E-state index contributed by atoms with van der Waals surface area (Å²) in [6.45, 7) is 4.50. The normalized spacial score (nSPS) is 24.4. The Kier molecular flexibility index (Phi) is 4.02. The van der Waals surface area contributed by atoms with E-state index >= 15 is 0 Å². The summed E-state index contributed by atoms with van der Waals surface area (Å²) in [5, 5.41) is 8.90. The van der Waals surface area contributed by atoms with E-state index in [9.17, 15) is 22.8 Å². The lowest BCUT2D eigenvalue weighted by Gasteiger charge is -2.31. The van der Waals surface area contributed by atoms with E-state index in [1.54, 1.807) is 0 Å². The number of rotatable bonds is 1. The summed E-state index contributed by atoms with van der Waals surface area (Å²) in [5.74, 6) is -1.46. The van der Waals surface area contributed by atoms with Crippen LogP contribution in [0.15, 0.2) is 0 Å². The zero-order chi connectivity index (χ0) is 15.0. The van der Waals surface area contributed by atoms with Gasteiger partial charge in [-0.15, -0.1) is 0 Å². The fraction of sp³-hybridized carbons (Fsp3) is 0.818. The molecule has 1 rings (SSSR count). The number of likely N-dealkylation sites (tertiary alicyclic amines) is 1. The summed E-state index contributed by atoms with van der Waals surface area (Å²) in [6.07, 6.45) is -6.58. The van der Waals surface area contributed by atoms with Gasteiger partial charge in [0.25, 0.3) is 0 Å². The van der Waals surface area contributed by atoms with Crippen LogP contribution < -0.4 is 0 Å². The molecule has 110 valence electrons. The minimum atomic E-state index is -4.67. The number of carbonyl (C=O) groups excluding carboxylic acids is 1. The minimum Gasteiger partial charge on any atom is -0.480 e. The molecule has 1 aliphatic rings. The molecule has 0 spiro atoms. The zero-order valence-corrected chi connectivity index (χ0v) is 10.8. The highest BCUT2D eigenvalue weighted by atomic mass is 19.4. The van der Waals surface area contributed by atoms with E-state index in [1.807, 2.05) is 0 Å². The van der Waals surface area contributed by atoms with Crippen molar-refractivity contribution < 1.29 is 32.6 Å². The van der Waals surface area contributed by atoms with Gasteiger partial charge >= 0.3 is 18.2 Å². The average Bonchev–Trinajstić information content (AvgIpc) is 2.57. The largest absolute Gasteiger partial charge is 0.480 e. The Labute approximate surface area is 108 Å². The van der Waals surface area contributed by atoms with Crippen molar-refractivity contribution in [3.05, 3.63) is 0 Å². The van der Waals surface area contributed by atoms with Crippen molar-refractivity contribution in [2.75, 3.05) is 0 Å². The third-order valence-electron chi connectivity index (χ3n) is 2.65. The van der Waals surface area contributed by atoms with Crippen molar-refractivity contribution in [1.29, 1.82) is 0 Å². The first-order valence-corrected chi connectivity index (χ1v) is 5.74. The van der Waals surface area contributed by atoms with E-state index in [-0.39, 0.29) is 11.3 Å². The number of nitrogens with zero attached hydrogens (tertiary/aromatic N) is 1. The van der Waals surface area contributed by atoms with Gasteiger partial charge in [0.1, 0.15) is 17.7 Å². The molecule has 0 bridgehead atoms. The van der Waals surface area contributed by atoms with Gasteiger partial charge in [0.15, 0.2) is 0 Å². The number of ether oxygens (including phenoxy) is 1. The smallest absolute Gasteiger partial charge is 0.411 e. The molecule has 1 N–H and O–H groups in total. The number of amides is 1. The molecule has 5 nitrogen and oxygen atoms in total. The Hall–Kier alpha value is -1.47. The quantitative estimate of drug-likeness (QED) is 0.802. The number of carboxylic acids is 1. The molecule has 8 heteroatoms. The Balaban J connectivity index is 2.99. The molecule has 1 amide bonds. The standard InChI is InChI=1S/C11H16F3NO4/c1-10(2,3)19-9(18)15-6(8(16)17)4-5-7(15)11(12,13)14/h6-7H,4-5H2,1-3H3,(H,16,17). The highest BCUT2D eigenvalue weighted by Crippen LogP contribution is 2.36. The van der Waals surface area contributed by atoms with Crippen LogP contribution in [0.25, 0.3) is 0 Å². The number of carboxylic acid groups (broad SMARTS) is 1. The Morgan fingerprint density at radius 2 is 1.74 bits per heavy atom. The number of carbonyl (C=O) groups is 2. The summed E-state index contributed by atoms with van der Waals surface area (Å²) in [5.41, 5.74) is -0.987. The molecule has 1 heterocycles. The van der Waals surface area contributed by atoms with Crippen LogP contribution in [-0.2, 0) is 9.53 Å². The van der Waals surface area contributed by atoms with Crippen LogP contribution in [0, 0.1) is 0 Å².